The molecule has 6 heteroatoms. The molecular weight excluding hydrogens is 273 g/mol. The fourth-order valence-corrected chi connectivity index (χ4v) is 1.56. The van der Waals surface area contributed by atoms with Gasteiger partial charge in [0.2, 0.25) is 0 Å². The lowest BCUT2D eigenvalue weighted by molar-refractivity contribution is 0.114. The first-order chi connectivity index (χ1) is 10.2. The second-order valence-electron chi connectivity index (χ2n) is 4.57. The highest BCUT2D eigenvalue weighted by Crippen LogP contribution is 2.11. The molecule has 1 unspecified atom stereocenters. The molecule has 0 radical (unpaired) electrons. The van der Waals surface area contributed by atoms with Gasteiger partial charge in [-0.05, 0) is 37.6 Å². The predicted octanol–water partition coefficient (Wildman–Crippen LogP) is 1.53. The van der Waals surface area contributed by atoms with Crippen LogP contribution in [0.15, 0.2) is 29.3 Å². The zero-order chi connectivity index (χ0) is 15.5. The third-order valence-electron chi connectivity index (χ3n) is 2.60. The molecule has 1 aromatic rings. The number of aliphatic hydroxyl groups excluding tert-OH is 1. The van der Waals surface area contributed by atoms with Crippen LogP contribution in [0.25, 0.3) is 0 Å². The van der Waals surface area contributed by atoms with Gasteiger partial charge in [0.1, 0.15) is 24.3 Å². The van der Waals surface area contributed by atoms with E-state index >= 15 is 0 Å². The van der Waals surface area contributed by atoms with Crippen LogP contribution in [0.5, 0.6) is 5.75 Å². The predicted molar refractivity (Wildman–Crippen MR) is 82.2 cm³/mol. The highest BCUT2D eigenvalue weighted by Gasteiger charge is 2.06. The molecule has 5 nitrogen and oxygen atoms in total. The van der Waals surface area contributed by atoms with E-state index in [2.05, 4.69) is 22.5 Å². The molecule has 0 amide bonds. The summed E-state index contributed by atoms with van der Waals surface area (Å²) in [4.78, 5) is 4.28. The van der Waals surface area contributed by atoms with Crippen molar-refractivity contribution in [1.29, 1.82) is 0 Å². The lowest BCUT2D eigenvalue weighted by atomic mass is 10.3. The smallest absolute Gasteiger partial charge is 0.191 e. The van der Waals surface area contributed by atoms with Crippen LogP contribution in [0.2, 0.25) is 0 Å². The first-order valence-corrected chi connectivity index (χ1v) is 7.24. The highest BCUT2D eigenvalue weighted by molar-refractivity contribution is 5.79. The molecule has 3 N–H and O–H groups in total. The lowest BCUT2D eigenvalue weighted by Gasteiger charge is -2.13. The zero-order valence-corrected chi connectivity index (χ0v) is 12.6. The Morgan fingerprint density at radius 2 is 2.00 bits per heavy atom. The van der Waals surface area contributed by atoms with E-state index in [0.717, 1.165) is 19.5 Å². The summed E-state index contributed by atoms with van der Waals surface area (Å²) >= 11 is 0. The minimum atomic E-state index is -0.716. The van der Waals surface area contributed by atoms with Crippen molar-refractivity contribution in [1.82, 2.24) is 10.6 Å². The number of hydrogen-bond donors (Lipinski definition) is 3. The molecule has 0 fully saturated rings. The normalized spacial score (nSPS) is 12.9. The summed E-state index contributed by atoms with van der Waals surface area (Å²) < 4.78 is 18.1. The van der Waals surface area contributed by atoms with E-state index < -0.39 is 6.10 Å². The summed E-state index contributed by atoms with van der Waals surface area (Å²) in [5.41, 5.74) is 0. The highest BCUT2D eigenvalue weighted by atomic mass is 19.1. The number of nitrogens with one attached hydrogen (secondary N) is 2. The Morgan fingerprint density at radius 3 is 2.62 bits per heavy atom. The average Bonchev–Trinajstić information content (AvgIpc) is 2.49. The number of aliphatic imine (C=N–C) groups is 1. The van der Waals surface area contributed by atoms with E-state index in [1.807, 2.05) is 6.92 Å². The number of nitrogens with zero attached hydrogens (tertiary/aromatic N) is 1. The van der Waals surface area contributed by atoms with Gasteiger partial charge in [-0.15, -0.1) is 0 Å². The zero-order valence-electron chi connectivity index (χ0n) is 12.6. The number of hydrogen-bond acceptors (Lipinski definition) is 3. The SMILES string of the molecule is CCCNC(=NCC(O)COc1ccc(F)cc1)NCC. The van der Waals surface area contributed by atoms with Gasteiger partial charge in [0.15, 0.2) is 5.96 Å². The Labute approximate surface area is 125 Å². The molecule has 1 aromatic carbocycles. The van der Waals surface area contributed by atoms with E-state index in [-0.39, 0.29) is 19.0 Å². The van der Waals surface area contributed by atoms with Crippen LogP contribution in [0.1, 0.15) is 20.3 Å². The molecule has 1 rings (SSSR count). The van der Waals surface area contributed by atoms with Crippen LogP contribution >= 0.6 is 0 Å². The van der Waals surface area contributed by atoms with Gasteiger partial charge in [-0.1, -0.05) is 6.92 Å². The van der Waals surface area contributed by atoms with Crippen molar-refractivity contribution in [3.05, 3.63) is 30.1 Å². The van der Waals surface area contributed by atoms with Gasteiger partial charge in [-0.25, -0.2) is 4.39 Å². The van der Waals surface area contributed by atoms with Crippen molar-refractivity contribution in [2.24, 2.45) is 4.99 Å². The molecule has 0 heterocycles. The van der Waals surface area contributed by atoms with Crippen LogP contribution in [-0.2, 0) is 0 Å². The maximum Gasteiger partial charge on any atom is 0.191 e. The monoisotopic (exact) mass is 297 g/mol. The van der Waals surface area contributed by atoms with E-state index in [0.29, 0.717) is 11.7 Å². The van der Waals surface area contributed by atoms with Crippen molar-refractivity contribution in [3.63, 3.8) is 0 Å². The summed E-state index contributed by atoms with van der Waals surface area (Å²) in [6.45, 7) is 5.99. The number of aliphatic hydroxyl groups is 1. The average molecular weight is 297 g/mol. The lowest BCUT2D eigenvalue weighted by Crippen LogP contribution is -2.38. The summed E-state index contributed by atoms with van der Waals surface area (Å²) in [5, 5.41) is 16.1. The van der Waals surface area contributed by atoms with Crippen LogP contribution in [0.4, 0.5) is 4.39 Å². The summed E-state index contributed by atoms with van der Waals surface area (Å²) in [5.74, 6) is 0.889. The van der Waals surface area contributed by atoms with Gasteiger partial charge < -0.3 is 20.5 Å². The number of benzene rings is 1. The fraction of sp³-hybridized carbons (Fsp3) is 0.533. The first-order valence-electron chi connectivity index (χ1n) is 7.24. The Morgan fingerprint density at radius 1 is 1.29 bits per heavy atom. The summed E-state index contributed by atoms with van der Waals surface area (Å²) in [6.07, 6.45) is 0.285. The van der Waals surface area contributed by atoms with E-state index in [9.17, 15) is 9.50 Å². The standard InChI is InChI=1S/C15H24FN3O2/c1-3-9-18-15(17-4-2)19-10-13(20)11-21-14-7-5-12(16)6-8-14/h5-8,13,20H,3-4,9-11H2,1-2H3,(H2,17,18,19). The largest absolute Gasteiger partial charge is 0.491 e. The molecular formula is C15H24FN3O2. The van der Waals surface area contributed by atoms with Gasteiger partial charge in [0.25, 0.3) is 0 Å². The van der Waals surface area contributed by atoms with E-state index in [4.69, 9.17) is 4.74 Å². The second-order valence-corrected chi connectivity index (χ2v) is 4.57. The molecule has 0 aromatic heterocycles. The molecule has 0 aliphatic carbocycles. The Kier molecular flexibility index (Phi) is 8.19. The number of ether oxygens (including phenoxy) is 1. The summed E-state index contributed by atoms with van der Waals surface area (Å²) in [7, 11) is 0. The van der Waals surface area contributed by atoms with Crippen LogP contribution in [0.3, 0.4) is 0 Å². The van der Waals surface area contributed by atoms with Crippen molar-refractivity contribution < 1.29 is 14.2 Å². The maximum atomic E-state index is 12.7. The molecule has 0 bridgehead atoms. The van der Waals surface area contributed by atoms with Crippen LogP contribution in [-0.4, -0.2) is 43.4 Å². The van der Waals surface area contributed by atoms with Gasteiger partial charge in [-0.3, -0.25) is 4.99 Å². The van der Waals surface area contributed by atoms with E-state index in [1.54, 1.807) is 0 Å². The van der Waals surface area contributed by atoms with Crippen molar-refractivity contribution in [2.75, 3.05) is 26.2 Å². The molecule has 0 saturated carbocycles. The maximum absolute atomic E-state index is 12.7. The van der Waals surface area contributed by atoms with Crippen LogP contribution < -0.4 is 15.4 Å². The van der Waals surface area contributed by atoms with E-state index in [1.165, 1.54) is 24.3 Å². The van der Waals surface area contributed by atoms with Crippen molar-refractivity contribution in [3.8, 4) is 5.75 Å². The topological polar surface area (TPSA) is 65.9 Å². The number of rotatable bonds is 8. The minimum absolute atomic E-state index is 0.113. The Balaban J connectivity index is 2.36. The molecule has 118 valence electrons. The number of halogens is 1. The van der Waals surface area contributed by atoms with Gasteiger partial charge in [-0.2, -0.15) is 0 Å². The summed E-state index contributed by atoms with van der Waals surface area (Å²) in [6, 6.07) is 5.69. The molecule has 0 spiro atoms. The Bertz CT molecular complexity index is 423. The minimum Gasteiger partial charge on any atom is -0.491 e. The van der Waals surface area contributed by atoms with Crippen molar-refractivity contribution in [2.45, 2.75) is 26.4 Å². The number of guanidine groups is 1. The van der Waals surface area contributed by atoms with Gasteiger partial charge >= 0.3 is 0 Å². The molecule has 0 aliphatic heterocycles. The molecule has 0 saturated heterocycles. The van der Waals surface area contributed by atoms with Gasteiger partial charge in [0, 0.05) is 13.1 Å². The molecule has 21 heavy (non-hydrogen) atoms. The molecule has 1 atom stereocenters. The third-order valence-corrected chi connectivity index (χ3v) is 2.60. The Hall–Kier alpha value is -1.82. The quantitative estimate of drug-likeness (QED) is 0.503. The van der Waals surface area contributed by atoms with Crippen LogP contribution in [0, 0.1) is 5.82 Å². The third kappa shape index (κ3) is 7.51. The van der Waals surface area contributed by atoms with Gasteiger partial charge in [0.05, 0.1) is 6.54 Å². The first kappa shape index (κ1) is 17.2. The molecule has 0 aliphatic rings. The second kappa shape index (κ2) is 9.99. The van der Waals surface area contributed by atoms with Crippen molar-refractivity contribution >= 4 is 5.96 Å². The fourth-order valence-electron chi connectivity index (χ4n) is 1.56.